The molecule has 2 amide bonds. The average molecular weight is 381 g/mol. The number of methoxy groups -OCH3 is 1. The molecule has 6 nitrogen and oxygen atoms in total. The second kappa shape index (κ2) is 9.35. The van der Waals surface area contributed by atoms with Crippen molar-refractivity contribution >= 4 is 11.8 Å². The number of amides is 2. The lowest BCUT2D eigenvalue weighted by atomic mass is 9.92. The Bertz CT molecular complexity index is 792. The van der Waals surface area contributed by atoms with Gasteiger partial charge in [-0.2, -0.15) is 0 Å². The molecule has 1 aliphatic rings. The fraction of sp³-hybridized carbons (Fsp3) is 0.409. The molecule has 0 saturated carbocycles. The molecule has 0 radical (unpaired) electrons. The van der Waals surface area contributed by atoms with Crippen LogP contribution in [0.2, 0.25) is 0 Å². The molecule has 2 heterocycles. The summed E-state index contributed by atoms with van der Waals surface area (Å²) >= 11 is 0. The summed E-state index contributed by atoms with van der Waals surface area (Å²) < 4.78 is 5.24. The van der Waals surface area contributed by atoms with E-state index in [2.05, 4.69) is 17.2 Å². The van der Waals surface area contributed by atoms with E-state index in [0.29, 0.717) is 13.1 Å². The van der Waals surface area contributed by atoms with Gasteiger partial charge in [0.2, 0.25) is 11.8 Å². The van der Waals surface area contributed by atoms with Gasteiger partial charge >= 0.3 is 0 Å². The summed E-state index contributed by atoms with van der Waals surface area (Å²) in [6, 6.07) is 11.2. The molecule has 28 heavy (non-hydrogen) atoms. The van der Waals surface area contributed by atoms with E-state index >= 15 is 0 Å². The molecule has 2 unspecified atom stereocenters. The third-order valence-electron chi connectivity index (χ3n) is 5.17. The van der Waals surface area contributed by atoms with Gasteiger partial charge in [0.15, 0.2) is 0 Å². The van der Waals surface area contributed by atoms with E-state index in [1.165, 1.54) is 0 Å². The van der Waals surface area contributed by atoms with Gasteiger partial charge < -0.3 is 15.0 Å². The number of carbonyl (C=O) groups is 2. The number of hydrogen-bond acceptors (Lipinski definition) is 4. The van der Waals surface area contributed by atoms with Crippen molar-refractivity contribution < 1.29 is 14.3 Å². The van der Waals surface area contributed by atoms with Crippen LogP contribution < -0.4 is 10.1 Å². The molecular formula is C22H27N3O3. The fourth-order valence-corrected chi connectivity index (χ4v) is 3.65. The Labute approximate surface area is 165 Å². The number of hydrogen-bond donors (Lipinski definition) is 1. The molecule has 1 N–H and O–H groups in total. The number of ether oxygens (including phenoxy) is 1. The first kappa shape index (κ1) is 19.9. The first-order chi connectivity index (χ1) is 13.6. The Hall–Kier alpha value is -2.89. The van der Waals surface area contributed by atoms with Gasteiger partial charge in [-0.3, -0.25) is 14.6 Å². The lowest BCUT2D eigenvalue weighted by molar-refractivity contribution is -0.129. The van der Waals surface area contributed by atoms with Crippen molar-refractivity contribution in [2.45, 2.75) is 38.8 Å². The second-order valence-corrected chi connectivity index (χ2v) is 7.05. The molecule has 1 fully saturated rings. The highest BCUT2D eigenvalue weighted by atomic mass is 16.5. The molecule has 0 bridgehead atoms. The van der Waals surface area contributed by atoms with Gasteiger partial charge in [0.1, 0.15) is 5.75 Å². The maximum Gasteiger partial charge on any atom is 0.226 e. The summed E-state index contributed by atoms with van der Waals surface area (Å²) in [4.78, 5) is 31.6. The van der Waals surface area contributed by atoms with Crippen molar-refractivity contribution in [3.05, 3.63) is 59.9 Å². The SMILES string of the molecule is CCCCN1C(=O)CC(C(=O)NCc2cccnc2)C1c1ccc(OC)cc1. The summed E-state index contributed by atoms with van der Waals surface area (Å²) in [5, 5.41) is 2.98. The van der Waals surface area contributed by atoms with Crippen LogP contribution in [-0.4, -0.2) is 35.4 Å². The first-order valence-corrected chi connectivity index (χ1v) is 9.74. The average Bonchev–Trinajstić information content (AvgIpc) is 3.07. The predicted octanol–water partition coefficient (Wildman–Crippen LogP) is 3.10. The topological polar surface area (TPSA) is 71.5 Å². The number of pyridine rings is 1. The minimum Gasteiger partial charge on any atom is -0.497 e. The van der Waals surface area contributed by atoms with Crippen LogP contribution in [0.1, 0.15) is 43.4 Å². The predicted molar refractivity (Wildman–Crippen MR) is 107 cm³/mol. The second-order valence-electron chi connectivity index (χ2n) is 7.05. The van der Waals surface area contributed by atoms with E-state index in [-0.39, 0.29) is 24.3 Å². The first-order valence-electron chi connectivity index (χ1n) is 9.74. The Morgan fingerprint density at radius 3 is 2.71 bits per heavy atom. The Balaban J connectivity index is 1.80. The van der Waals surface area contributed by atoms with Crippen molar-refractivity contribution in [1.82, 2.24) is 15.2 Å². The van der Waals surface area contributed by atoms with Crippen LogP contribution in [0.5, 0.6) is 5.75 Å². The Morgan fingerprint density at radius 1 is 1.29 bits per heavy atom. The number of benzene rings is 1. The molecule has 1 aliphatic heterocycles. The molecule has 3 rings (SSSR count). The van der Waals surface area contributed by atoms with Crippen LogP contribution >= 0.6 is 0 Å². The number of nitrogens with zero attached hydrogens (tertiary/aromatic N) is 2. The number of unbranched alkanes of at least 4 members (excludes halogenated alkanes) is 1. The van der Waals surface area contributed by atoms with Gasteiger partial charge in [-0.1, -0.05) is 31.5 Å². The highest BCUT2D eigenvalue weighted by Gasteiger charge is 2.44. The Morgan fingerprint density at radius 2 is 2.07 bits per heavy atom. The van der Waals surface area contributed by atoms with E-state index < -0.39 is 5.92 Å². The van der Waals surface area contributed by atoms with Crippen molar-refractivity contribution in [3.8, 4) is 5.75 Å². The molecule has 1 aromatic heterocycles. The highest BCUT2D eigenvalue weighted by molar-refractivity contribution is 5.90. The third-order valence-corrected chi connectivity index (χ3v) is 5.17. The van der Waals surface area contributed by atoms with Gasteiger partial charge in [-0.25, -0.2) is 0 Å². The zero-order chi connectivity index (χ0) is 19.9. The van der Waals surface area contributed by atoms with E-state index in [1.807, 2.05) is 41.3 Å². The standard InChI is InChI=1S/C22H27N3O3/c1-3-4-12-25-20(26)13-19(21(25)17-7-9-18(28-2)10-8-17)22(27)24-15-16-6-5-11-23-14-16/h5-11,14,19,21H,3-4,12-13,15H2,1-2H3,(H,24,27). The third kappa shape index (κ3) is 4.50. The summed E-state index contributed by atoms with van der Waals surface area (Å²) in [7, 11) is 1.62. The largest absolute Gasteiger partial charge is 0.497 e. The smallest absolute Gasteiger partial charge is 0.226 e. The van der Waals surface area contributed by atoms with Crippen molar-refractivity contribution in [1.29, 1.82) is 0 Å². The van der Waals surface area contributed by atoms with Crippen LogP contribution in [0.3, 0.4) is 0 Å². The van der Waals surface area contributed by atoms with Crippen LogP contribution in [0.15, 0.2) is 48.8 Å². The minimum absolute atomic E-state index is 0.0378. The maximum absolute atomic E-state index is 13.0. The fourth-order valence-electron chi connectivity index (χ4n) is 3.65. The molecule has 6 heteroatoms. The van der Waals surface area contributed by atoms with Crippen molar-refractivity contribution in [2.75, 3.05) is 13.7 Å². The zero-order valence-electron chi connectivity index (χ0n) is 16.4. The van der Waals surface area contributed by atoms with Gasteiger partial charge in [-0.05, 0) is 35.7 Å². The molecule has 1 aromatic carbocycles. The highest BCUT2D eigenvalue weighted by Crippen LogP contribution is 2.39. The van der Waals surface area contributed by atoms with Crippen LogP contribution in [-0.2, 0) is 16.1 Å². The zero-order valence-corrected chi connectivity index (χ0v) is 16.4. The number of aromatic nitrogens is 1. The number of carbonyl (C=O) groups excluding carboxylic acids is 2. The van der Waals surface area contributed by atoms with E-state index in [0.717, 1.165) is 29.7 Å². The summed E-state index contributed by atoms with van der Waals surface area (Å²) in [6.45, 7) is 3.17. The molecule has 2 atom stereocenters. The van der Waals surface area contributed by atoms with Crippen LogP contribution in [0, 0.1) is 5.92 Å². The number of likely N-dealkylation sites (tertiary alicyclic amines) is 1. The van der Waals surface area contributed by atoms with Gasteiger partial charge in [0.05, 0.1) is 19.1 Å². The Kier molecular flexibility index (Phi) is 6.63. The van der Waals surface area contributed by atoms with E-state index in [1.54, 1.807) is 19.5 Å². The van der Waals surface area contributed by atoms with Crippen molar-refractivity contribution in [3.63, 3.8) is 0 Å². The quantitative estimate of drug-likeness (QED) is 0.763. The molecule has 0 spiro atoms. The minimum atomic E-state index is -0.408. The summed E-state index contributed by atoms with van der Waals surface area (Å²) in [6.07, 6.45) is 5.58. The van der Waals surface area contributed by atoms with Crippen LogP contribution in [0.4, 0.5) is 0 Å². The van der Waals surface area contributed by atoms with E-state index in [4.69, 9.17) is 4.74 Å². The molecule has 0 aliphatic carbocycles. The van der Waals surface area contributed by atoms with Crippen molar-refractivity contribution in [2.24, 2.45) is 5.92 Å². The lowest BCUT2D eigenvalue weighted by Crippen LogP contribution is -2.35. The van der Waals surface area contributed by atoms with Gasteiger partial charge in [0.25, 0.3) is 0 Å². The van der Waals surface area contributed by atoms with Crippen LogP contribution in [0.25, 0.3) is 0 Å². The van der Waals surface area contributed by atoms with Gasteiger partial charge in [-0.15, -0.1) is 0 Å². The van der Waals surface area contributed by atoms with Gasteiger partial charge in [0, 0.05) is 31.9 Å². The monoisotopic (exact) mass is 381 g/mol. The molecular weight excluding hydrogens is 354 g/mol. The normalized spacial score (nSPS) is 18.9. The maximum atomic E-state index is 13.0. The summed E-state index contributed by atoms with van der Waals surface area (Å²) in [5.74, 6) is 0.285. The van der Waals surface area contributed by atoms with E-state index in [9.17, 15) is 9.59 Å². The lowest BCUT2D eigenvalue weighted by Gasteiger charge is -2.28. The summed E-state index contributed by atoms with van der Waals surface area (Å²) in [5.41, 5.74) is 1.90. The molecule has 2 aromatic rings. The number of nitrogens with one attached hydrogen (secondary N) is 1. The molecule has 148 valence electrons. The molecule has 1 saturated heterocycles. The number of rotatable bonds is 8.